The van der Waals surface area contributed by atoms with Crippen molar-refractivity contribution < 1.29 is 63.5 Å². The second-order valence-corrected chi connectivity index (χ2v) is 17.2. The molecule has 1 amide bonds. The number of carboxylic acid groups (broad SMARTS) is 1. The minimum absolute atomic E-state index is 0.0201. The third-order valence-corrected chi connectivity index (χ3v) is 11.2. The summed E-state index contributed by atoms with van der Waals surface area (Å²) < 4.78 is 107. The molecule has 27 heteroatoms. The standard InChI is InChI=1S/C36H29N9O15S3/c1-17-12-27(28(60-3)16-26(17)40-39-25-11-5-20(37-18(2)46)15-29(25)62(54,55)56)41-42-31-30(63(57,58)59)14-19-13-21(4-10-24(19)34(31)47)38-43-32-33(36(49)50)44-45(35(32)48)22-6-8-23(9-7-22)61(51,52)53/h4-16,44,47H,1-3H3,(H,37,46)(H,49,50)(H,51,52,53)(H,54,55,56)(H,57,58,59). The molecule has 0 saturated carbocycles. The number of nitrogens with one attached hydrogen (secondary N) is 2. The number of aromatic nitrogens is 2. The lowest BCUT2D eigenvalue weighted by Crippen LogP contribution is -2.14. The molecule has 24 nitrogen and oxygen atoms in total. The highest BCUT2D eigenvalue weighted by Crippen LogP contribution is 2.44. The van der Waals surface area contributed by atoms with Gasteiger partial charge in [-0.25, -0.2) is 9.48 Å². The first-order valence-corrected chi connectivity index (χ1v) is 21.5. The van der Waals surface area contributed by atoms with Gasteiger partial charge in [0.2, 0.25) is 5.91 Å². The molecule has 5 aromatic carbocycles. The Kier molecular flexibility index (Phi) is 12.2. The average Bonchev–Trinajstić information content (AvgIpc) is 3.54. The first kappa shape index (κ1) is 45.0. The van der Waals surface area contributed by atoms with Crippen molar-refractivity contribution in [2.45, 2.75) is 28.5 Å². The number of carbonyl (C=O) groups excluding carboxylic acids is 1. The van der Waals surface area contributed by atoms with Crippen LogP contribution in [0.1, 0.15) is 23.0 Å². The van der Waals surface area contributed by atoms with Gasteiger partial charge in [-0.3, -0.25) is 28.3 Å². The zero-order valence-corrected chi connectivity index (χ0v) is 34.6. The van der Waals surface area contributed by atoms with Gasteiger partial charge in [0.25, 0.3) is 35.9 Å². The number of methoxy groups -OCH3 is 1. The van der Waals surface area contributed by atoms with E-state index >= 15 is 0 Å². The van der Waals surface area contributed by atoms with Crippen molar-refractivity contribution in [3.63, 3.8) is 0 Å². The molecule has 6 aromatic rings. The van der Waals surface area contributed by atoms with Crippen LogP contribution in [-0.2, 0) is 35.1 Å². The van der Waals surface area contributed by atoms with E-state index in [1.165, 1.54) is 56.5 Å². The molecule has 1 aromatic heterocycles. The molecule has 0 unspecified atom stereocenters. The molecule has 0 aliphatic carbocycles. The lowest BCUT2D eigenvalue weighted by Gasteiger charge is -2.10. The highest BCUT2D eigenvalue weighted by Gasteiger charge is 2.24. The molecule has 0 fully saturated rings. The first-order valence-electron chi connectivity index (χ1n) is 17.2. The highest BCUT2D eigenvalue weighted by molar-refractivity contribution is 7.86. The average molecular weight is 924 g/mol. The Bertz CT molecular complexity index is 3380. The maximum absolute atomic E-state index is 13.2. The summed E-state index contributed by atoms with van der Waals surface area (Å²) in [6.45, 7) is 2.75. The number of aryl methyl sites for hydroxylation is 1. The molecule has 63 heavy (non-hydrogen) atoms. The van der Waals surface area contributed by atoms with Gasteiger partial charge in [-0.1, -0.05) is 0 Å². The normalized spacial score (nSPS) is 12.5. The zero-order chi connectivity index (χ0) is 46.2. The number of azo groups is 3. The fourth-order valence-electron chi connectivity index (χ4n) is 5.73. The van der Waals surface area contributed by atoms with Crippen LogP contribution >= 0.6 is 0 Å². The number of phenols is 1. The van der Waals surface area contributed by atoms with Crippen LogP contribution in [0.5, 0.6) is 11.5 Å². The van der Waals surface area contributed by atoms with Gasteiger partial charge in [0.05, 0.1) is 29.1 Å². The number of ether oxygens (including phenoxy) is 1. The molecule has 7 N–H and O–H groups in total. The number of fused-ring (bicyclic) bond motifs is 1. The minimum Gasteiger partial charge on any atom is -0.505 e. The molecular weight excluding hydrogens is 895 g/mol. The Balaban J connectivity index is 1.33. The van der Waals surface area contributed by atoms with E-state index in [0.29, 0.717) is 5.56 Å². The van der Waals surface area contributed by atoms with Crippen molar-refractivity contribution in [1.29, 1.82) is 0 Å². The summed E-state index contributed by atoms with van der Waals surface area (Å²) in [5.41, 5.74) is -3.04. The summed E-state index contributed by atoms with van der Waals surface area (Å²) in [5, 5.41) is 49.2. The second-order valence-electron chi connectivity index (χ2n) is 13.0. The fourth-order valence-corrected chi connectivity index (χ4v) is 7.52. The Morgan fingerprint density at radius 3 is 1.95 bits per heavy atom. The van der Waals surface area contributed by atoms with E-state index in [1.54, 1.807) is 6.92 Å². The molecule has 0 saturated heterocycles. The van der Waals surface area contributed by atoms with Crippen LogP contribution in [0.2, 0.25) is 0 Å². The monoisotopic (exact) mass is 923 g/mol. The summed E-state index contributed by atoms with van der Waals surface area (Å²) in [5.74, 6) is -2.90. The van der Waals surface area contributed by atoms with E-state index in [-0.39, 0.29) is 50.6 Å². The van der Waals surface area contributed by atoms with Crippen molar-refractivity contribution >= 4 is 92.8 Å². The number of carbonyl (C=O) groups is 2. The van der Waals surface area contributed by atoms with E-state index in [1.807, 2.05) is 0 Å². The molecular formula is C36H29N9O15S3. The number of benzene rings is 5. The second kappa shape index (κ2) is 17.1. The predicted octanol–water partition coefficient (Wildman–Crippen LogP) is 6.98. The van der Waals surface area contributed by atoms with Crippen molar-refractivity contribution in [3.05, 3.63) is 100 Å². The van der Waals surface area contributed by atoms with Crippen molar-refractivity contribution in [2.75, 3.05) is 12.4 Å². The van der Waals surface area contributed by atoms with Gasteiger partial charge >= 0.3 is 5.97 Å². The number of anilines is 1. The maximum atomic E-state index is 13.2. The van der Waals surface area contributed by atoms with Gasteiger partial charge < -0.3 is 20.3 Å². The predicted molar refractivity (Wildman–Crippen MR) is 219 cm³/mol. The topological polar surface area (TPSA) is 371 Å². The third-order valence-electron chi connectivity index (χ3n) is 8.63. The SMILES string of the molecule is COc1cc(N=Nc2ccc(NC(C)=O)cc2S(=O)(=O)O)c(C)cc1N=Nc1c(S(=O)(=O)O)cc2cc(N=Nc3c(C(=O)O)[nH]n(-c4ccc(S(=O)(=O)O)cc4)c3=O)ccc2c1O. The summed E-state index contributed by atoms with van der Waals surface area (Å²) in [4.78, 5) is 34.5. The Labute approximate surface area is 354 Å². The fraction of sp³-hybridized carbons (Fsp3) is 0.0833. The Morgan fingerprint density at radius 2 is 1.35 bits per heavy atom. The van der Waals surface area contributed by atoms with Crippen LogP contribution in [0.15, 0.2) is 129 Å². The van der Waals surface area contributed by atoms with Crippen molar-refractivity contribution in [2.24, 2.45) is 30.7 Å². The smallest absolute Gasteiger partial charge is 0.356 e. The Morgan fingerprint density at radius 1 is 0.714 bits per heavy atom. The number of amides is 1. The van der Waals surface area contributed by atoms with E-state index in [2.05, 4.69) is 41.1 Å². The lowest BCUT2D eigenvalue weighted by molar-refractivity contribution is -0.114. The number of phenolic OH excluding ortho intramolecular Hbond substituents is 1. The number of aromatic carboxylic acids is 1. The number of rotatable bonds is 13. The van der Waals surface area contributed by atoms with E-state index in [0.717, 1.165) is 41.1 Å². The van der Waals surface area contributed by atoms with Crippen LogP contribution in [0.4, 0.5) is 39.8 Å². The molecule has 0 aliphatic heterocycles. The number of nitrogens with zero attached hydrogens (tertiary/aromatic N) is 7. The van der Waals surface area contributed by atoms with Crippen LogP contribution in [-0.4, -0.2) is 77.9 Å². The molecule has 0 aliphatic rings. The van der Waals surface area contributed by atoms with Gasteiger partial charge in [0, 0.05) is 24.1 Å². The lowest BCUT2D eigenvalue weighted by atomic mass is 10.1. The summed E-state index contributed by atoms with van der Waals surface area (Å²) in [6, 6.07) is 15.0. The van der Waals surface area contributed by atoms with Crippen molar-refractivity contribution in [1.82, 2.24) is 9.78 Å². The molecule has 0 atom stereocenters. The van der Waals surface area contributed by atoms with E-state index in [4.69, 9.17) is 4.74 Å². The van der Waals surface area contributed by atoms with Crippen molar-refractivity contribution in [3.8, 4) is 17.2 Å². The molecule has 0 spiro atoms. The molecule has 326 valence electrons. The maximum Gasteiger partial charge on any atom is 0.356 e. The van der Waals surface area contributed by atoms with Crippen LogP contribution in [0, 0.1) is 6.92 Å². The molecule has 6 rings (SSSR count). The number of hydrogen-bond acceptors (Lipinski definition) is 17. The van der Waals surface area contributed by atoms with E-state index < -0.39 is 85.3 Å². The minimum atomic E-state index is -5.13. The summed E-state index contributed by atoms with van der Waals surface area (Å²) >= 11 is 0. The number of aromatic hydroxyl groups is 1. The van der Waals surface area contributed by atoms with Gasteiger partial charge in [0.15, 0.2) is 17.1 Å². The van der Waals surface area contributed by atoms with Gasteiger partial charge in [-0.05, 0) is 90.7 Å². The van der Waals surface area contributed by atoms with Gasteiger partial charge in [-0.15, -0.1) is 20.5 Å². The highest BCUT2D eigenvalue weighted by atomic mass is 32.2. The van der Waals surface area contributed by atoms with Crippen LogP contribution in [0.3, 0.4) is 0 Å². The first-order chi connectivity index (χ1) is 29.5. The van der Waals surface area contributed by atoms with Crippen LogP contribution < -0.4 is 15.6 Å². The van der Waals surface area contributed by atoms with Gasteiger partial charge in [0.1, 0.15) is 32.6 Å². The van der Waals surface area contributed by atoms with Gasteiger partial charge in [-0.2, -0.15) is 35.5 Å². The number of aromatic amines is 1. The third kappa shape index (κ3) is 9.82. The summed E-state index contributed by atoms with van der Waals surface area (Å²) in [6.07, 6.45) is 0. The largest absolute Gasteiger partial charge is 0.505 e. The zero-order valence-electron chi connectivity index (χ0n) is 32.2. The Hall–Kier alpha value is -7.56. The van der Waals surface area contributed by atoms with Crippen LogP contribution in [0.25, 0.3) is 16.5 Å². The summed E-state index contributed by atoms with van der Waals surface area (Å²) in [7, 11) is -13.3. The van der Waals surface area contributed by atoms with E-state index in [9.17, 15) is 63.5 Å². The molecule has 0 bridgehead atoms. The quantitative estimate of drug-likeness (QED) is 0.0453. The number of hydrogen-bond donors (Lipinski definition) is 7. The molecule has 1 heterocycles. The number of H-pyrrole nitrogens is 1. The number of carboxylic acids is 1. The molecule has 0 radical (unpaired) electrons.